The number of hydrogen-bond donors (Lipinski definition) is 1. The number of aliphatic imine (C=N–C) groups is 1. The molecule has 0 amide bonds. The zero-order valence-corrected chi connectivity index (χ0v) is 21.8. The van der Waals surface area contributed by atoms with Crippen molar-refractivity contribution < 1.29 is 0 Å². The molecule has 5 rings (SSSR count). The summed E-state index contributed by atoms with van der Waals surface area (Å²) in [5.41, 5.74) is 10.8. The van der Waals surface area contributed by atoms with Gasteiger partial charge in [0.2, 0.25) is 0 Å². The van der Waals surface area contributed by atoms with Gasteiger partial charge in [0.15, 0.2) is 5.17 Å². The van der Waals surface area contributed by atoms with Crippen molar-refractivity contribution in [2.75, 3.05) is 6.26 Å². The molecule has 0 atom stereocenters. The molecule has 0 aliphatic heterocycles. The van der Waals surface area contributed by atoms with Crippen LogP contribution < -0.4 is 5.43 Å². The van der Waals surface area contributed by atoms with Crippen LogP contribution in [0.5, 0.6) is 0 Å². The minimum Gasteiger partial charge on any atom is -0.299 e. The Bertz CT molecular complexity index is 1580. The number of rotatable bonds is 5. The van der Waals surface area contributed by atoms with E-state index >= 15 is 0 Å². The van der Waals surface area contributed by atoms with Crippen LogP contribution in [0.4, 0.5) is 5.69 Å². The van der Waals surface area contributed by atoms with Gasteiger partial charge in [-0.2, -0.15) is 5.10 Å². The number of aromatic nitrogens is 2. The average Bonchev–Trinajstić information content (AvgIpc) is 3.33. The van der Waals surface area contributed by atoms with Crippen molar-refractivity contribution in [3.05, 3.63) is 102 Å². The lowest BCUT2D eigenvalue weighted by molar-refractivity contribution is 0.866. The van der Waals surface area contributed by atoms with Crippen LogP contribution in [0.1, 0.15) is 36.5 Å². The van der Waals surface area contributed by atoms with E-state index in [2.05, 4.69) is 103 Å². The van der Waals surface area contributed by atoms with E-state index in [1.54, 1.807) is 11.8 Å². The minimum absolute atomic E-state index is 0.406. The molecule has 0 aliphatic rings. The topological polar surface area (TPSA) is 54.6 Å². The molecule has 4 aromatic carbocycles. The van der Waals surface area contributed by atoms with E-state index in [1.807, 2.05) is 30.9 Å². The Balaban J connectivity index is 1.38. The normalized spacial score (nSPS) is 12.3. The summed E-state index contributed by atoms with van der Waals surface area (Å²) in [5, 5.41) is 7.47. The lowest BCUT2D eigenvalue weighted by Crippen LogP contribution is -2.13. The third kappa shape index (κ3) is 4.90. The maximum absolute atomic E-state index is 4.79. The van der Waals surface area contributed by atoms with Gasteiger partial charge in [0.05, 0.1) is 22.9 Å². The van der Waals surface area contributed by atoms with E-state index in [4.69, 9.17) is 9.98 Å². The fourth-order valence-corrected chi connectivity index (χ4v) is 4.62. The van der Waals surface area contributed by atoms with Crippen molar-refractivity contribution in [2.24, 2.45) is 10.1 Å². The number of hydrogen-bond acceptors (Lipinski definition) is 4. The molecule has 0 bridgehead atoms. The van der Waals surface area contributed by atoms with E-state index in [9.17, 15) is 0 Å². The average molecular weight is 492 g/mol. The van der Waals surface area contributed by atoms with Gasteiger partial charge in [0, 0.05) is 11.1 Å². The van der Waals surface area contributed by atoms with Crippen LogP contribution in [0, 0.1) is 6.92 Å². The van der Waals surface area contributed by atoms with Crippen molar-refractivity contribution >= 4 is 50.6 Å². The highest BCUT2D eigenvalue weighted by atomic mass is 32.2. The van der Waals surface area contributed by atoms with Crippen molar-refractivity contribution in [2.45, 2.75) is 26.7 Å². The van der Waals surface area contributed by atoms with Gasteiger partial charge in [-0.25, -0.2) is 9.98 Å². The van der Waals surface area contributed by atoms with Crippen molar-refractivity contribution in [1.29, 1.82) is 0 Å². The fourth-order valence-electron chi connectivity index (χ4n) is 4.28. The van der Waals surface area contributed by atoms with Gasteiger partial charge in [-0.1, -0.05) is 79.7 Å². The summed E-state index contributed by atoms with van der Waals surface area (Å²) in [5.74, 6) is 0.406. The van der Waals surface area contributed by atoms with Crippen molar-refractivity contribution in [1.82, 2.24) is 15.0 Å². The number of para-hydroxylation sites is 1. The number of imidazole rings is 1. The van der Waals surface area contributed by atoms with E-state index in [0.717, 1.165) is 43.9 Å². The van der Waals surface area contributed by atoms with Gasteiger partial charge >= 0.3 is 0 Å². The van der Waals surface area contributed by atoms with Gasteiger partial charge in [-0.05, 0) is 65.9 Å². The second-order valence-electron chi connectivity index (χ2n) is 9.07. The Morgan fingerprint density at radius 3 is 2.58 bits per heavy atom. The molecule has 1 aromatic heterocycles. The molecule has 5 aromatic rings. The summed E-state index contributed by atoms with van der Waals surface area (Å²) in [7, 11) is 0. The molecular weight excluding hydrogens is 462 g/mol. The van der Waals surface area contributed by atoms with Crippen LogP contribution >= 0.6 is 11.8 Å². The molecule has 0 spiro atoms. The van der Waals surface area contributed by atoms with Crippen LogP contribution in [-0.4, -0.2) is 27.2 Å². The first-order chi connectivity index (χ1) is 17.5. The summed E-state index contributed by atoms with van der Waals surface area (Å²) in [6.45, 7) is 6.46. The smallest absolute Gasteiger partial charge is 0.182 e. The van der Waals surface area contributed by atoms with E-state index in [-0.39, 0.29) is 0 Å². The third-order valence-electron chi connectivity index (χ3n) is 6.22. The number of fused-ring (bicyclic) bond motifs is 3. The molecular formula is C30H29N5S. The molecule has 0 fully saturated rings. The Morgan fingerprint density at radius 2 is 1.81 bits per heavy atom. The molecule has 0 radical (unpaired) electrons. The zero-order valence-electron chi connectivity index (χ0n) is 20.9. The van der Waals surface area contributed by atoms with E-state index in [0.29, 0.717) is 5.92 Å². The largest absolute Gasteiger partial charge is 0.299 e. The van der Waals surface area contributed by atoms with Gasteiger partial charge in [0.1, 0.15) is 6.33 Å². The molecule has 6 heteroatoms. The van der Waals surface area contributed by atoms with Crippen LogP contribution in [0.3, 0.4) is 0 Å². The first-order valence-corrected chi connectivity index (χ1v) is 13.2. The highest BCUT2D eigenvalue weighted by molar-refractivity contribution is 8.13. The molecule has 0 saturated carbocycles. The first kappa shape index (κ1) is 23.8. The zero-order chi connectivity index (χ0) is 25.1. The Labute approximate surface area is 216 Å². The molecule has 36 heavy (non-hydrogen) atoms. The maximum atomic E-state index is 4.79. The number of hydrazone groups is 1. The molecule has 0 aliphatic carbocycles. The Hall–Kier alpha value is -3.90. The summed E-state index contributed by atoms with van der Waals surface area (Å²) in [6, 6.07) is 27.3. The predicted molar refractivity (Wildman–Crippen MR) is 155 cm³/mol. The SMILES string of the molecule is CSC(=Nc1ccccc1C(C)C)N/N=C/c1ccc2c(ccc3c2ncn3-c2ccc(C)cc2)c1. The standard InChI is InChI=1S/C30H29N5S/c1-20(2)25-7-5-6-8-27(25)33-30(36-4)34-32-18-22-11-15-26-23(17-22)12-16-28-29(26)31-19-35(28)24-13-9-21(3)10-14-24/h5-20H,1-4H3,(H,33,34)/b32-18+. The lowest BCUT2D eigenvalue weighted by Gasteiger charge is -2.10. The monoisotopic (exact) mass is 491 g/mol. The highest BCUT2D eigenvalue weighted by Gasteiger charge is 2.09. The lowest BCUT2D eigenvalue weighted by atomic mass is 10.0. The molecule has 0 unspecified atom stereocenters. The predicted octanol–water partition coefficient (Wildman–Crippen LogP) is 7.58. The third-order valence-corrected chi connectivity index (χ3v) is 6.79. The number of thioether (sulfide) groups is 1. The van der Waals surface area contributed by atoms with Gasteiger partial charge in [-0.15, -0.1) is 0 Å². The molecule has 1 heterocycles. The fraction of sp³-hybridized carbons (Fsp3) is 0.167. The Morgan fingerprint density at radius 1 is 1.00 bits per heavy atom. The van der Waals surface area contributed by atoms with Gasteiger partial charge in [0.25, 0.3) is 0 Å². The van der Waals surface area contributed by atoms with Crippen LogP contribution in [-0.2, 0) is 0 Å². The van der Waals surface area contributed by atoms with Crippen molar-refractivity contribution in [3.63, 3.8) is 0 Å². The molecule has 180 valence electrons. The second-order valence-corrected chi connectivity index (χ2v) is 9.86. The van der Waals surface area contributed by atoms with Crippen LogP contribution in [0.25, 0.3) is 27.5 Å². The summed E-state index contributed by atoms with van der Waals surface area (Å²) in [6.07, 6.45) is 5.72. The van der Waals surface area contributed by atoms with Gasteiger partial charge in [-0.3, -0.25) is 9.99 Å². The molecule has 5 nitrogen and oxygen atoms in total. The second kappa shape index (κ2) is 10.4. The van der Waals surface area contributed by atoms with Crippen molar-refractivity contribution in [3.8, 4) is 5.69 Å². The van der Waals surface area contributed by atoms with Crippen LogP contribution in [0.2, 0.25) is 0 Å². The van der Waals surface area contributed by atoms with E-state index < -0.39 is 0 Å². The number of amidine groups is 1. The van der Waals surface area contributed by atoms with Crippen LogP contribution in [0.15, 0.2) is 95.3 Å². The molecule has 0 saturated heterocycles. The number of nitrogens with one attached hydrogen (secondary N) is 1. The summed E-state index contributed by atoms with van der Waals surface area (Å²) in [4.78, 5) is 9.52. The maximum Gasteiger partial charge on any atom is 0.182 e. The number of aryl methyl sites for hydroxylation is 1. The number of nitrogens with zero attached hydrogens (tertiary/aromatic N) is 4. The summed E-state index contributed by atoms with van der Waals surface area (Å²) >= 11 is 1.54. The first-order valence-electron chi connectivity index (χ1n) is 12.0. The quantitative estimate of drug-likeness (QED) is 0.157. The minimum atomic E-state index is 0.406. The van der Waals surface area contributed by atoms with E-state index in [1.165, 1.54) is 11.1 Å². The van der Waals surface area contributed by atoms with Gasteiger partial charge < -0.3 is 0 Å². The summed E-state index contributed by atoms with van der Waals surface area (Å²) < 4.78 is 2.13. The highest BCUT2D eigenvalue weighted by Crippen LogP contribution is 2.28. The number of benzene rings is 4. The Kier molecular flexibility index (Phi) is 6.87. The molecule has 1 N–H and O–H groups in total.